The molecular weight excluding hydrogens is 430 g/mol. The van der Waals surface area contributed by atoms with E-state index in [9.17, 15) is 9.59 Å². The van der Waals surface area contributed by atoms with Crippen LogP contribution in [0.5, 0.6) is 0 Å². The van der Waals surface area contributed by atoms with E-state index in [1.807, 2.05) is 42.2 Å². The normalized spacial score (nSPS) is 18.2. The summed E-state index contributed by atoms with van der Waals surface area (Å²) in [6, 6.07) is 9.73. The number of morpholine rings is 1. The van der Waals surface area contributed by atoms with Crippen molar-refractivity contribution in [1.82, 2.24) is 14.8 Å². The fourth-order valence-electron chi connectivity index (χ4n) is 4.53. The van der Waals surface area contributed by atoms with Crippen molar-refractivity contribution in [3.63, 3.8) is 0 Å². The van der Waals surface area contributed by atoms with Crippen molar-refractivity contribution >= 4 is 23.4 Å². The summed E-state index contributed by atoms with van der Waals surface area (Å²) in [5, 5.41) is 3.07. The van der Waals surface area contributed by atoms with Gasteiger partial charge in [-0.3, -0.25) is 4.79 Å². The topological polar surface area (TPSA) is 78.0 Å². The van der Waals surface area contributed by atoms with E-state index < -0.39 is 0 Å². The van der Waals surface area contributed by atoms with Gasteiger partial charge in [-0.25, -0.2) is 9.78 Å². The van der Waals surface area contributed by atoms with Crippen molar-refractivity contribution < 1.29 is 14.3 Å². The summed E-state index contributed by atoms with van der Waals surface area (Å²) in [5.41, 5.74) is 4.08. The van der Waals surface area contributed by atoms with E-state index in [1.165, 1.54) is 0 Å². The summed E-state index contributed by atoms with van der Waals surface area (Å²) in [6.45, 7) is 8.56. The second kappa shape index (κ2) is 10.4. The van der Waals surface area contributed by atoms with Gasteiger partial charge in [0, 0.05) is 46.0 Å². The summed E-state index contributed by atoms with van der Waals surface area (Å²) in [6.07, 6.45) is 2.16. The highest BCUT2D eigenvalue weighted by Gasteiger charge is 2.25. The number of urea groups is 1. The lowest BCUT2D eigenvalue weighted by Crippen LogP contribution is -2.37. The van der Waals surface area contributed by atoms with Crippen LogP contribution in [0.15, 0.2) is 30.3 Å². The van der Waals surface area contributed by atoms with Crippen LogP contribution in [0.2, 0.25) is 0 Å². The summed E-state index contributed by atoms with van der Waals surface area (Å²) in [5.74, 6) is 1.21. The Balaban J connectivity index is 1.65. The van der Waals surface area contributed by atoms with Crippen molar-refractivity contribution in [1.29, 1.82) is 0 Å². The first-order chi connectivity index (χ1) is 16.4. The predicted molar refractivity (Wildman–Crippen MR) is 134 cm³/mol. The molecule has 0 unspecified atom stereocenters. The molecule has 0 bridgehead atoms. The minimum atomic E-state index is -0.141. The molecular formula is C26H35N5O3. The van der Waals surface area contributed by atoms with E-state index in [4.69, 9.17) is 4.74 Å². The third kappa shape index (κ3) is 5.33. The number of benzene rings is 1. The lowest BCUT2D eigenvalue weighted by atomic mass is 9.99. The van der Waals surface area contributed by atoms with Gasteiger partial charge >= 0.3 is 6.03 Å². The minimum absolute atomic E-state index is 0.0574. The molecule has 0 spiro atoms. The van der Waals surface area contributed by atoms with Crippen LogP contribution in [0.25, 0.3) is 11.1 Å². The molecule has 3 heterocycles. The van der Waals surface area contributed by atoms with Crippen molar-refractivity contribution in [2.75, 3.05) is 63.7 Å². The number of hydrogen-bond acceptors (Lipinski definition) is 5. The summed E-state index contributed by atoms with van der Waals surface area (Å²) in [4.78, 5) is 35.9. The fourth-order valence-corrected chi connectivity index (χ4v) is 4.53. The van der Waals surface area contributed by atoms with E-state index >= 15 is 0 Å². The second-order valence-corrected chi connectivity index (χ2v) is 9.37. The van der Waals surface area contributed by atoms with Crippen LogP contribution in [-0.4, -0.2) is 80.2 Å². The van der Waals surface area contributed by atoms with Crippen LogP contribution < -0.4 is 10.2 Å². The van der Waals surface area contributed by atoms with Crippen molar-refractivity contribution in [3.05, 3.63) is 41.6 Å². The molecule has 34 heavy (non-hydrogen) atoms. The van der Waals surface area contributed by atoms with Gasteiger partial charge < -0.3 is 24.8 Å². The third-order valence-electron chi connectivity index (χ3n) is 6.72. The Bertz CT molecular complexity index is 1050. The summed E-state index contributed by atoms with van der Waals surface area (Å²) < 4.78 is 5.49. The highest BCUT2D eigenvalue weighted by Crippen LogP contribution is 2.31. The Morgan fingerprint density at radius 3 is 2.59 bits per heavy atom. The van der Waals surface area contributed by atoms with Crippen molar-refractivity contribution in [3.8, 4) is 11.1 Å². The highest BCUT2D eigenvalue weighted by molar-refractivity contribution is 5.95. The first kappa shape index (κ1) is 24.0. The Morgan fingerprint density at radius 1 is 1.15 bits per heavy atom. The molecule has 0 aliphatic carbocycles. The molecule has 1 N–H and O–H groups in total. The number of anilines is 2. The van der Waals surface area contributed by atoms with E-state index in [0.29, 0.717) is 24.8 Å². The molecule has 2 aliphatic heterocycles. The van der Waals surface area contributed by atoms with Gasteiger partial charge in [0.15, 0.2) is 0 Å². The zero-order valence-corrected chi connectivity index (χ0v) is 20.6. The molecule has 8 nitrogen and oxygen atoms in total. The predicted octanol–water partition coefficient (Wildman–Crippen LogP) is 3.86. The number of pyridine rings is 1. The molecule has 2 saturated heterocycles. The molecule has 0 radical (unpaired) electrons. The van der Waals surface area contributed by atoms with Crippen molar-refractivity contribution in [2.24, 2.45) is 5.92 Å². The van der Waals surface area contributed by atoms with Gasteiger partial charge in [0.1, 0.15) is 11.5 Å². The lowest BCUT2D eigenvalue weighted by Gasteiger charge is -2.28. The average molecular weight is 466 g/mol. The molecule has 8 heteroatoms. The average Bonchev–Trinajstić information content (AvgIpc) is 3.34. The number of amides is 3. The monoisotopic (exact) mass is 465 g/mol. The molecule has 182 valence electrons. The van der Waals surface area contributed by atoms with Crippen LogP contribution in [0, 0.1) is 12.8 Å². The number of carbonyl (C=O) groups excluding carboxylic acids is 2. The fraction of sp³-hybridized carbons (Fsp3) is 0.500. The van der Waals surface area contributed by atoms with Crippen LogP contribution in [0.3, 0.4) is 0 Å². The molecule has 1 aromatic carbocycles. The van der Waals surface area contributed by atoms with E-state index in [2.05, 4.69) is 22.1 Å². The Kier molecular flexibility index (Phi) is 7.36. The number of aromatic nitrogens is 1. The van der Waals surface area contributed by atoms with E-state index in [0.717, 1.165) is 67.2 Å². The van der Waals surface area contributed by atoms with E-state index in [1.54, 1.807) is 19.0 Å². The minimum Gasteiger partial charge on any atom is -0.378 e. The second-order valence-electron chi connectivity index (χ2n) is 9.37. The summed E-state index contributed by atoms with van der Waals surface area (Å²) >= 11 is 0. The van der Waals surface area contributed by atoms with Gasteiger partial charge in [-0.05, 0) is 60.2 Å². The van der Waals surface area contributed by atoms with Crippen LogP contribution in [-0.2, 0) is 4.74 Å². The first-order valence-electron chi connectivity index (χ1n) is 12.1. The van der Waals surface area contributed by atoms with Crippen molar-refractivity contribution in [2.45, 2.75) is 26.7 Å². The zero-order chi connectivity index (χ0) is 24.2. The number of ether oxygens (including phenoxy) is 1. The zero-order valence-electron chi connectivity index (χ0n) is 20.6. The van der Waals surface area contributed by atoms with Gasteiger partial charge in [0.25, 0.3) is 5.91 Å². The Labute approximate surface area is 201 Å². The van der Waals surface area contributed by atoms with Gasteiger partial charge in [0.2, 0.25) is 0 Å². The quantitative estimate of drug-likeness (QED) is 0.726. The molecule has 4 rings (SSSR count). The molecule has 3 amide bonds. The Morgan fingerprint density at radius 2 is 1.91 bits per heavy atom. The molecule has 1 aromatic heterocycles. The number of nitrogens with zero attached hydrogens (tertiary/aromatic N) is 4. The standard InChI is InChI=1S/C26H35N5O3/c1-5-19-8-9-31(17-19)26(33)27-21-7-6-18(2)22(16-21)20-14-23(25(32)29(3)4)28-24(15-20)30-10-12-34-13-11-30/h6-7,14-16,19H,5,8-13,17H2,1-4H3,(H,27,33)/t19-/m1/s1. The molecule has 1 atom stereocenters. The maximum Gasteiger partial charge on any atom is 0.321 e. The third-order valence-corrected chi connectivity index (χ3v) is 6.72. The molecule has 2 aliphatic rings. The number of likely N-dealkylation sites (tertiary alicyclic amines) is 1. The smallest absolute Gasteiger partial charge is 0.321 e. The van der Waals surface area contributed by atoms with Gasteiger partial charge in [0.05, 0.1) is 13.2 Å². The number of carbonyl (C=O) groups is 2. The number of aryl methyl sites for hydroxylation is 1. The number of nitrogens with one attached hydrogen (secondary N) is 1. The molecule has 2 aromatic rings. The maximum atomic E-state index is 12.8. The van der Waals surface area contributed by atoms with Gasteiger partial charge in [-0.2, -0.15) is 0 Å². The summed E-state index contributed by atoms with van der Waals surface area (Å²) in [7, 11) is 3.46. The number of hydrogen-bond donors (Lipinski definition) is 1. The van der Waals surface area contributed by atoms with E-state index in [-0.39, 0.29) is 11.9 Å². The number of rotatable bonds is 5. The van der Waals surface area contributed by atoms with Crippen LogP contribution in [0.1, 0.15) is 35.8 Å². The lowest BCUT2D eigenvalue weighted by molar-refractivity contribution is 0.0822. The first-order valence-corrected chi connectivity index (χ1v) is 12.1. The Hall–Kier alpha value is -3.13. The van der Waals surface area contributed by atoms with Crippen LogP contribution in [0.4, 0.5) is 16.3 Å². The largest absolute Gasteiger partial charge is 0.378 e. The van der Waals surface area contributed by atoms with Gasteiger partial charge in [-0.15, -0.1) is 0 Å². The highest BCUT2D eigenvalue weighted by atomic mass is 16.5. The molecule has 2 fully saturated rings. The van der Waals surface area contributed by atoms with Crippen LogP contribution >= 0.6 is 0 Å². The van der Waals surface area contributed by atoms with Gasteiger partial charge in [-0.1, -0.05) is 19.4 Å². The SMILES string of the molecule is CC[C@@H]1CCN(C(=O)Nc2ccc(C)c(-c3cc(C(=O)N(C)C)nc(N4CCOCC4)c3)c2)C1. The maximum absolute atomic E-state index is 12.8. The molecule has 0 saturated carbocycles.